The average Bonchev–Trinajstić information content (AvgIpc) is 2.81. The molecule has 31 heavy (non-hydrogen) atoms. The highest BCUT2D eigenvalue weighted by Gasteiger charge is 2.10. The Kier molecular flexibility index (Phi) is 11.9. The third kappa shape index (κ3) is 8.79. The number of aryl methyl sites for hydroxylation is 1. The molecule has 164 valence electrons. The van der Waals surface area contributed by atoms with E-state index in [2.05, 4.69) is 24.9 Å². The number of hydrogen-bond acceptors (Lipinski definition) is 4. The van der Waals surface area contributed by atoms with Crippen LogP contribution in [-0.2, 0) is 11.2 Å². The van der Waals surface area contributed by atoms with Crippen molar-refractivity contribution in [3.63, 3.8) is 0 Å². The van der Waals surface area contributed by atoms with Crippen molar-refractivity contribution in [1.29, 1.82) is 0 Å². The topological polar surface area (TPSA) is 51.1 Å². The quantitative estimate of drug-likeness (QED) is 0.127. The predicted octanol–water partition coefficient (Wildman–Crippen LogP) is 6.74. The predicted molar refractivity (Wildman–Crippen MR) is 131 cm³/mol. The van der Waals surface area contributed by atoms with Gasteiger partial charge in [0, 0.05) is 17.6 Å². The number of nitrogens with zero attached hydrogens (tertiary/aromatic N) is 1. The Balaban J connectivity index is 2.89. The third-order valence-electron chi connectivity index (χ3n) is 4.56. The maximum atomic E-state index is 9.58. The van der Waals surface area contributed by atoms with Crippen LogP contribution in [0, 0.1) is 0 Å². The van der Waals surface area contributed by atoms with E-state index in [9.17, 15) is 5.21 Å². The van der Waals surface area contributed by atoms with E-state index in [4.69, 9.17) is 9.47 Å². The van der Waals surface area contributed by atoms with Gasteiger partial charge in [-0.15, -0.1) is 0 Å². The van der Waals surface area contributed by atoms with E-state index < -0.39 is 0 Å². The second-order valence-electron chi connectivity index (χ2n) is 6.64. The second kappa shape index (κ2) is 14.5. The van der Waals surface area contributed by atoms with Gasteiger partial charge in [0.2, 0.25) is 0 Å². The van der Waals surface area contributed by atoms with Crippen molar-refractivity contribution >= 4 is 5.71 Å². The molecule has 0 saturated carbocycles. The summed E-state index contributed by atoms with van der Waals surface area (Å²) in [5.41, 5.74) is 3.92. The van der Waals surface area contributed by atoms with Crippen LogP contribution in [0.2, 0.25) is 0 Å². The number of rotatable bonds is 13. The minimum Gasteiger partial charge on any atom is -0.502 e. The Morgan fingerprint density at radius 3 is 2.32 bits per heavy atom. The van der Waals surface area contributed by atoms with E-state index in [0.717, 1.165) is 35.5 Å². The number of methoxy groups -OCH3 is 1. The van der Waals surface area contributed by atoms with Gasteiger partial charge >= 0.3 is 0 Å². The smallest absolute Gasteiger partial charge is 0.119 e. The largest absolute Gasteiger partial charge is 0.502 e. The molecular formula is C27H33NO3. The highest BCUT2D eigenvalue weighted by molar-refractivity contribution is 6.15. The Morgan fingerprint density at radius 1 is 1.10 bits per heavy atom. The van der Waals surface area contributed by atoms with Gasteiger partial charge in [-0.25, -0.2) is 0 Å². The molecule has 0 saturated heterocycles. The summed E-state index contributed by atoms with van der Waals surface area (Å²) in [5.74, 6) is 1.53. The first-order chi connectivity index (χ1) is 15.0. The molecule has 0 atom stereocenters. The molecule has 1 rings (SSSR count). The first kappa shape index (κ1) is 25.5. The Bertz CT molecular complexity index is 897. The zero-order valence-corrected chi connectivity index (χ0v) is 18.8. The lowest BCUT2D eigenvalue weighted by molar-refractivity contribution is 0.279. The lowest BCUT2D eigenvalue weighted by Crippen LogP contribution is -2.07. The molecule has 0 aliphatic rings. The third-order valence-corrected chi connectivity index (χ3v) is 4.56. The maximum Gasteiger partial charge on any atom is 0.119 e. The minimum atomic E-state index is 0.335. The molecular weight excluding hydrogens is 386 g/mol. The Morgan fingerprint density at radius 2 is 1.81 bits per heavy atom. The van der Waals surface area contributed by atoms with Crippen LogP contribution in [0.3, 0.4) is 0 Å². The summed E-state index contributed by atoms with van der Waals surface area (Å²) in [6, 6.07) is 7.95. The highest BCUT2D eigenvalue weighted by atomic mass is 16.5. The van der Waals surface area contributed by atoms with Gasteiger partial charge in [-0.1, -0.05) is 73.5 Å². The Hall–Kier alpha value is -3.53. The molecule has 4 heteroatoms. The molecule has 0 aliphatic carbocycles. The molecule has 0 aromatic heterocycles. The summed E-state index contributed by atoms with van der Waals surface area (Å²) >= 11 is 0. The van der Waals surface area contributed by atoms with Gasteiger partial charge in [0.1, 0.15) is 18.1 Å². The molecule has 1 aromatic carbocycles. The molecule has 0 bridgehead atoms. The Labute approximate surface area is 186 Å². The fraction of sp³-hybridized carbons (Fsp3) is 0.222. The van der Waals surface area contributed by atoms with Crippen LogP contribution in [0.15, 0.2) is 114 Å². The van der Waals surface area contributed by atoms with Gasteiger partial charge in [0.25, 0.3) is 0 Å². The van der Waals surface area contributed by atoms with Crippen LogP contribution < -0.4 is 4.74 Å². The van der Waals surface area contributed by atoms with Crippen molar-refractivity contribution in [3.8, 4) is 5.75 Å². The van der Waals surface area contributed by atoms with Gasteiger partial charge in [-0.2, -0.15) is 0 Å². The molecule has 0 spiro atoms. The monoisotopic (exact) mass is 419 g/mol. The summed E-state index contributed by atoms with van der Waals surface area (Å²) in [7, 11) is 1.63. The van der Waals surface area contributed by atoms with Crippen LogP contribution in [0.5, 0.6) is 5.75 Å². The minimum absolute atomic E-state index is 0.335. The van der Waals surface area contributed by atoms with Crippen molar-refractivity contribution in [3.05, 3.63) is 115 Å². The molecule has 1 N–H and O–H groups in total. The SMILES string of the molecule is C=C\C(=C/C(=C\C)C(=N\O)/C(C=C)=C/C=C\C)COc1ccc(CCC(=C)OC)cc1. The van der Waals surface area contributed by atoms with E-state index in [1.807, 2.05) is 68.5 Å². The fourth-order valence-corrected chi connectivity index (χ4v) is 2.68. The highest BCUT2D eigenvalue weighted by Crippen LogP contribution is 2.18. The molecule has 0 amide bonds. The fourth-order valence-electron chi connectivity index (χ4n) is 2.68. The van der Waals surface area contributed by atoms with E-state index in [0.29, 0.717) is 17.9 Å². The van der Waals surface area contributed by atoms with Crippen molar-refractivity contribution in [2.75, 3.05) is 13.7 Å². The second-order valence-corrected chi connectivity index (χ2v) is 6.64. The summed E-state index contributed by atoms with van der Waals surface area (Å²) in [6.07, 6.45) is 14.4. The zero-order chi connectivity index (χ0) is 23.1. The number of hydrogen-bond donors (Lipinski definition) is 1. The van der Waals surface area contributed by atoms with Crippen molar-refractivity contribution in [1.82, 2.24) is 0 Å². The van der Waals surface area contributed by atoms with Gasteiger partial charge in [-0.3, -0.25) is 0 Å². The molecule has 0 heterocycles. The maximum absolute atomic E-state index is 9.58. The molecule has 0 unspecified atom stereocenters. The summed E-state index contributed by atoms with van der Waals surface area (Å²) in [4.78, 5) is 0. The summed E-state index contributed by atoms with van der Waals surface area (Å²) < 4.78 is 11.0. The molecule has 0 fully saturated rings. The van der Waals surface area contributed by atoms with Gasteiger partial charge in [0.15, 0.2) is 0 Å². The van der Waals surface area contributed by atoms with Crippen molar-refractivity contribution in [2.24, 2.45) is 5.16 Å². The molecule has 1 aromatic rings. The van der Waals surface area contributed by atoms with E-state index in [-0.39, 0.29) is 0 Å². The number of oxime groups is 1. The zero-order valence-electron chi connectivity index (χ0n) is 18.8. The summed E-state index contributed by atoms with van der Waals surface area (Å²) in [5, 5.41) is 13.1. The number of benzene rings is 1. The normalized spacial score (nSPS) is 13.3. The van der Waals surface area contributed by atoms with Crippen LogP contribution in [0.25, 0.3) is 0 Å². The van der Waals surface area contributed by atoms with Crippen LogP contribution in [0.1, 0.15) is 25.8 Å². The van der Waals surface area contributed by atoms with Gasteiger partial charge in [-0.05, 0) is 49.6 Å². The lowest BCUT2D eigenvalue weighted by Gasteiger charge is -2.11. The van der Waals surface area contributed by atoms with Crippen LogP contribution in [0.4, 0.5) is 0 Å². The average molecular weight is 420 g/mol. The number of allylic oxidation sites excluding steroid dienone is 9. The van der Waals surface area contributed by atoms with Crippen LogP contribution in [-0.4, -0.2) is 24.6 Å². The van der Waals surface area contributed by atoms with Crippen molar-refractivity contribution in [2.45, 2.75) is 26.7 Å². The first-order valence-electron chi connectivity index (χ1n) is 10.1. The van der Waals surface area contributed by atoms with Gasteiger partial charge < -0.3 is 14.7 Å². The number of ether oxygens (including phenoxy) is 2. The standard InChI is InChI=1S/C27H33NO3/c1-7-11-12-24(9-3)27(28-29)25(10-4)19-22(8-2)20-31-26-17-15-23(16-18-26)14-13-21(5)30-6/h7-12,15-19,29H,2-3,5,13-14,20H2,1,4,6H3/b11-7-,22-19+,24-12+,25-10+,28-27-. The van der Waals surface area contributed by atoms with Crippen molar-refractivity contribution < 1.29 is 14.7 Å². The molecule has 4 nitrogen and oxygen atoms in total. The van der Waals surface area contributed by atoms with Crippen LogP contribution >= 0.6 is 0 Å². The van der Waals surface area contributed by atoms with E-state index in [1.165, 1.54) is 5.56 Å². The molecule has 0 radical (unpaired) electrons. The lowest BCUT2D eigenvalue weighted by atomic mass is 9.99. The van der Waals surface area contributed by atoms with Gasteiger partial charge in [0.05, 0.1) is 12.9 Å². The summed E-state index contributed by atoms with van der Waals surface area (Å²) in [6.45, 7) is 15.7. The van der Waals surface area contributed by atoms with E-state index >= 15 is 0 Å². The van der Waals surface area contributed by atoms with E-state index in [1.54, 1.807) is 19.3 Å². The first-order valence-corrected chi connectivity index (χ1v) is 10.1. The molecule has 0 aliphatic heterocycles.